The Balaban J connectivity index is 2.06. The first kappa shape index (κ1) is 10.0. The molecule has 0 aliphatic carbocycles. The first-order chi connectivity index (χ1) is 8.34. The topological polar surface area (TPSA) is 73.9 Å². The summed E-state index contributed by atoms with van der Waals surface area (Å²) >= 11 is 0. The van der Waals surface area contributed by atoms with E-state index in [0.29, 0.717) is 12.4 Å². The molecule has 1 atom stereocenters. The van der Waals surface area contributed by atoms with Gasteiger partial charge in [0.25, 0.3) is 0 Å². The zero-order valence-corrected chi connectivity index (χ0v) is 9.21. The van der Waals surface area contributed by atoms with E-state index in [1.54, 1.807) is 0 Å². The third-order valence-electron chi connectivity index (χ3n) is 2.88. The second-order valence-electron chi connectivity index (χ2n) is 3.93. The number of hydrogen-bond acceptors (Lipinski definition) is 5. The molecule has 0 spiro atoms. The maximum atomic E-state index is 5.60. The van der Waals surface area contributed by atoms with Crippen LogP contribution in [0.4, 0.5) is 5.95 Å². The van der Waals surface area contributed by atoms with Gasteiger partial charge >= 0.3 is 0 Å². The molecule has 1 unspecified atom stereocenters. The molecule has 5 heteroatoms. The molecular weight excluding hydrogens is 216 g/mol. The normalized spacial score (nSPS) is 18.2. The number of para-hydroxylation sites is 1. The van der Waals surface area contributed by atoms with Crippen molar-refractivity contribution in [2.45, 2.75) is 12.3 Å². The summed E-state index contributed by atoms with van der Waals surface area (Å²) in [5, 5.41) is 0. The van der Waals surface area contributed by atoms with Crippen LogP contribution in [-0.4, -0.2) is 21.6 Å². The monoisotopic (exact) mass is 228 g/mol. The molecule has 0 saturated heterocycles. The molecule has 2 heterocycles. The highest BCUT2D eigenvalue weighted by molar-refractivity contribution is 5.41. The molecule has 0 fully saturated rings. The SMILES string of the molecule is Nc1ncnc(C2CCOc3ccccc32)n1. The van der Waals surface area contributed by atoms with Crippen LogP contribution in [-0.2, 0) is 0 Å². The van der Waals surface area contributed by atoms with E-state index >= 15 is 0 Å². The van der Waals surface area contributed by atoms with Crippen LogP contribution in [0.15, 0.2) is 30.6 Å². The zero-order chi connectivity index (χ0) is 11.7. The average molecular weight is 228 g/mol. The Bertz CT molecular complexity index is 544. The number of hydrogen-bond donors (Lipinski definition) is 1. The summed E-state index contributed by atoms with van der Waals surface area (Å²) in [6.45, 7) is 0.674. The van der Waals surface area contributed by atoms with Gasteiger partial charge in [-0.2, -0.15) is 4.98 Å². The Morgan fingerprint density at radius 1 is 1.24 bits per heavy atom. The maximum absolute atomic E-state index is 5.60. The first-order valence-corrected chi connectivity index (χ1v) is 5.51. The number of nitrogens with two attached hydrogens (primary N) is 1. The smallest absolute Gasteiger partial charge is 0.223 e. The largest absolute Gasteiger partial charge is 0.493 e. The second kappa shape index (κ2) is 4.01. The van der Waals surface area contributed by atoms with Gasteiger partial charge in [0.1, 0.15) is 17.9 Å². The van der Waals surface area contributed by atoms with E-state index in [-0.39, 0.29) is 11.9 Å². The predicted molar refractivity (Wildman–Crippen MR) is 62.6 cm³/mol. The van der Waals surface area contributed by atoms with Crippen molar-refractivity contribution in [1.29, 1.82) is 0 Å². The van der Waals surface area contributed by atoms with Crippen molar-refractivity contribution in [3.05, 3.63) is 42.0 Å². The molecule has 0 bridgehead atoms. The highest BCUT2D eigenvalue weighted by atomic mass is 16.5. The molecule has 1 aliphatic heterocycles. The zero-order valence-electron chi connectivity index (χ0n) is 9.21. The fourth-order valence-electron chi connectivity index (χ4n) is 2.10. The van der Waals surface area contributed by atoms with Crippen molar-refractivity contribution in [2.24, 2.45) is 0 Å². The van der Waals surface area contributed by atoms with E-state index in [4.69, 9.17) is 10.5 Å². The molecule has 1 aromatic carbocycles. The lowest BCUT2D eigenvalue weighted by atomic mass is 9.92. The van der Waals surface area contributed by atoms with Crippen LogP contribution in [0.2, 0.25) is 0 Å². The summed E-state index contributed by atoms with van der Waals surface area (Å²) in [5.41, 5.74) is 6.71. The van der Waals surface area contributed by atoms with Crippen molar-refractivity contribution < 1.29 is 4.74 Å². The number of anilines is 1. The van der Waals surface area contributed by atoms with Gasteiger partial charge in [-0.3, -0.25) is 0 Å². The Kier molecular flexibility index (Phi) is 2.36. The van der Waals surface area contributed by atoms with E-state index in [0.717, 1.165) is 17.7 Å². The standard InChI is InChI=1S/C12H12N4O/c13-12-15-7-14-11(16-12)9-5-6-17-10-4-2-1-3-8(9)10/h1-4,7,9H,5-6H2,(H2,13,14,15,16). The Morgan fingerprint density at radius 3 is 3.00 bits per heavy atom. The molecule has 0 radical (unpaired) electrons. The van der Waals surface area contributed by atoms with Gasteiger partial charge < -0.3 is 10.5 Å². The average Bonchev–Trinajstić information content (AvgIpc) is 2.38. The lowest BCUT2D eigenvalue weighted by molar-refractivity contribution is 0.274. The summed E-state index contributed by atoms with van der Waals surface area (Å²) in [7, 11) is 0. The number of nitrogen functional groups attached to an aromatic ring is 1. The van der Waals surface area contributed by atoms with Crippen LogP contribution in [0.3, 0.4) is 0 Å². The molecule has 1 aliphatic rings. The quantitative estimate of drug-likeness (QED) is 0.797. The van der Waals surface area contributed by atoms with Crippen molar-refractivity contribution in [3.8, 4) is 5.75 Å². The fourth-order valence-corrected chi connectivity index (χ4v) is 2.10. The lowest BCUT2D eigenvalue weighted by Crippen LogP contribution is -2.17. The van der Waals surface area contributed by atoms with Gasteiger partial charge in [0.2, 0.25) is 5.95 Å². The Labute approximate surface area is 98.7 Å². The van der Waals surface area contributed by atoms with Gasteiger partial charge in [0.05, 0.1) is 12.5 Å². The minimum Gasteiger partial charge on any atom is -0.493 e. The predicted octanol–water partition coefficient (Wildman–Crippen LogP) is 1.37. The molecule has 86 valence electrons. The number of aromatic nitrogens is 3. The third kappa shape index (κ3) is 1.80. The minimum atomic E-state index is 0.144. The number of nitrogens with zero attached hydrogens (tertiary/aromatic N) is 3. The van der Waals surface area contributed by atoms with E-state index in [1.807, 2.05) is 24.3 Å². The van der Waals surface area contributed by atoms with Gasteiger partial charge in [0.15, 0.2) is 0 Å². The van der Waals surface area contributed by atoms with Crippen LogP contribution in [0, 0.1) is 0 Å². The van der Waals surface area contributed by atoms with Crippen molar-refractivity contribution >= 4 is 5.95 Å². The fraction of sp³-hybridized carbons (Fsp3) is 0.250. The number of benzene rings is 1. The number of fused-ring (bicyclic) bond motifs is 1. The molecule has 3 rings (SSSR count). The maximum Gasteiger partial charge on any atom is 0.223 e. The molecule has 5 nitrogen and oxygen atoms in total. The van der Waals surface area contributed by atoms with Crippen LogP contribution < -0.4 is 10.5 Å². The van der Waals surface area contributed by atoms with Crippen LogP contribution >= 0.6 is 0 Å². The molecule has 1 aromatic heterocycles. The summed E-state index contributed by atoms with van der Waals surface area (Å²) in [6.07, 6.45) is 2.32. The third-order valence-corrected chi connectivity index (χ3v) is 2.88. The molecule has 0 amide bonds. The van der Waals surface area contributed by atoms with E-state index in [1.165, 1.54) is 6.33 Å². The minimum absolute atomic E-state index is 0.144. The summed E-state index contributed by atoms with van der Waals surface area (Å²) in [4.78, 5) is 12.2. The number of ether oxygens (including phenoxy) is 1. The lowest BCUT2D eigenvalue weighted by Gasteiger charge is -2.24. The van der Waals surface area contributed by atoms with E-state index < -0.39 is 0 Å². The summed E-state index contributed by atoms with van der Waals surface area (Å²) in [6, 6.07) is 7.96. The summed E-state index contributed by atoms with van der Waals surface area (Å²) < 4.78 is 5.60. The highest BCUT2D eigenvalue weighted by Gasteiger charge is 2.24. The van der Waals surface area contributed by atoms with Gasteiger partial charge in [-0.25, -0.2) is 9.97 Å². The first-order valence-electron chi connectivity index (χ1n) is 5.51. The van der Waals surface area contributed by atoms with Gasteiger partial charge in [-0.15, -0.1) is 0 Å². The number of rotatable bonds is 1. The van der Waals surface area contributed by atoms with Gasteiger partial charge in [-0.1, -0.05) is 18.2 Å². The van der Waals surface area contributed by atoms with E-state index in [9.17, 15) is 0 Å². The van der Waals surface area contributed by atoms with Gasteiger partial charge in [-0.05, 0) is 12.5 Å². The molecule has 2 N–H and O–H groups in total. The van der Waals surface area contributed by atoms with Crippen molar-refractivity contribution in [2.75, 3.05) is 12.3 Å². The van der Waals surface area contributed by atoms with Crippen molar-refractivity contribution in [1.82, 2.24) is 15.0 Å². The Morgan fingerprint density at radius 2 is 2.12 bits per heavy atom. The highest BCUT2D eigenvalue weighted by Crippen LogP contribution is 2.36. The van der Waals surface area contributed by atoms with E-state index in [2.05, 4.69) is 15.0 Å². The molecular formula is C12H12N4O. The van der Waals surface area contributed by atoms with Gasteiger partial charge in [0, 0.05) is 5.56 Å². The van der Waals surface area contributed by atoms with Crippen LogP contribution in [0.5, 0.6) is 5.75 Å². The second-order valence-corrected chi connectivity index (χ2v) is 3.93. The molecule has 2 aromatic rings. The molecule has 0 saturated carbocycles. The van der Waals surface area contributed by atoms with Crippen LogP contribution in [0.1, 0.15) is 23.7 Å². The Hall–Kier alpha value is -2.17. The van der Waals surface area contributed by atoms with Crippen molar-refractivity contribution in [3.63, 3.8) is 0 Å². The molecule has 17 heavy (non-hydrogen) atoms. The summed E-state index contributed by atoms with van der Waals surface area (Å²) in [5.74, 6) is 2.03. The van der Waals surface area contributed by atoms with Crippen LogP contribution in [0.25, 0.3) is 0 Å².